The summed E-state index contributed by atoms with van der Waals surface area (Å²) in [6.07, 6.45) is 7.02. The van der Waals surface area contributed by atoms with Crippen molar-refractivity contribution >= 4 is 16.9 Å². The van der Waals surface area contributed by atoms with Gasteiger partial charge in [0.15, 0.2) is 0 Å². The number of aromatic nitrogens is 1. The maximum Gasteiger partial charge on any atom is 0.317 e. The number of likely N-dealkylation sites (tertiary alicyclic amines) is 1. The van der Waals surface area contributed by atoms with E-state index in [-0.39, 0.29) is 18.2 Å². The Labute approximate surface area is 160 Å². The molecule has 1 aromatic carbocycles. The fourth-order valence-electron chi connectivity index (χ4n) is 5.13. The van der Waals surface area contributed by atoms with E-state index in [1.165, 1.54) is 19.3 Å². The Balaban J connectivity index is 1.19. The molecule has 5 rings (SSSR count). The number of nitrogens with zero attached hydrogens (tertiary/aromatic N) is 2. The number of fused-ring (bicyclic) bond motifs is 1. The molecule has 2 aromatic rings. The highest BCUT2D eigenvalue weighted by atomic mass is 16.5. The van der Waals surface area contributed by atoms with Crippen LogP contribution in [0, 0.1) is 5.41 Å². The van der Waals surface area contributed by atoms with Crippen molar-refractivity contribution in [2.45, 2.75) is 50.7 Å². The molecule has 5 heteroatoms. The van der Waals surface area contributed by atoms with Crippen molar-refractivity contribution in [3.63, 3.8) is 0 Å². The molecule has 2 amide bonds. The molecular formula is C22H27N3O2. The van der Waals surface area contributed by atoms with Crippen LogP contribution in [-0.4, -0.2) is 47.8 Å². The van der Waals surface area contributed by atoms with Crippen LogP contribution in [0.4, 0.5) is 4.79 Å². The molecule has 27 heavy (non-hydrogen) atoms. The van der Waals surface area contributed by atoms with E-state index in [0.717, 1.165) is 49.0 Å². The van der Waals surface area contributed by atoms with Crippen LogP contribution >= 0.6 is 0 Å². The number of para-hydroxylation sites is 1. The number of urea groups is 1. The highest BCUT2D eigenvalue weighted by Gasteiger charge is 2.60. The summed E-state index contributed by atoms with van der Waals surface area (Å²) in [5, 5.41) is 4.26. The molecule has 1 N–H and O–H groups in total. The monoisotopic (exact) mass is 365 g/mol. The summed E-state index contributed by atoms with van der Waals surface area (Å²) in [5.74, 6) is 0. The zero-order chi connectivity index (χ0) is 18.3. The predicted octanol–water partition coefficient (Wildman–Crippen LogP) is 3.52. The molecule has 2 aliphatic heterocycles. The normalized spacial score (nSPS) is 26.0. The van der Waals surface area contributed by atoms with Crippen molar-refractivity contribution in [2.24, 2.45) is 5.41 Å². The Bertz CT molecular complexity index is 842. The number of hydrogen-bond acceptors (Lipinski definition) is 3. The quantitative estimate of drug-likeness (QED) is 0.902. The van der Waals surface area contributed by atoms with Gasteiger partial charge < -0.3 is 15.0 Å². The summed E-state index contributed by atoms with van der Waals surface area (Å²) in [5.41, 5.74) is 2.38. The minimum absolute atomic E-state index is 0.0637. The molecule has 0 radical (unpaired) electrons. The second kappa shape index (κ2) is 6.79. The van der Waals surface area contributed by atoms with Crippen LogP contribution in [0.1, 0.15) is 37.8 Å². The Kier molecular flexibility index (Phi) is 4.27. The molecule has 3 heterocycles. The summed E-state index contributed by atoms with van der Waals surface area (Å²) in [7, 11) is 0. The van der Waals surface area contributed by atoms with Crippen LogP contribution < -0.4 is 5.32 Å². The molecule has 3 aliphatic rings. The third-order valence-electron chi connectivity index (χ3n) is 6.69. The number of nitrogens with one attached hydrogen (secondary N) is 1. The molecule has 3 fully saturated rings. The minimum atomic E-state index is 0.0637. The van der Waals surface area contributed by atoms with E-state index in [2.05, 4.69) is 28.5 Å². The van der Waals surface area contributed by atoms with Gasteiger partial charge in [-0.15, -0.1) is 0 Å². The first-order valence-corrected chi connectivity index (χ1v) is 10.3. The topological polar surface area (TPSA) is 54.5 Å². The van der Waals surface area contributed by atoms with Crippen LogP contribution in [0.5, 0.6) is 0 Å². The smallest absolute Gasteiger partial charge is 0.317 e. The SMILES string of the molecule is O=C(NCCc1ccc2ccccc2n1)N1CC2(CCC2)[C@H]1[C@@H]1CCCO1. The summed E-state index contributed by atoms with van der Waals surface area (Å²) >= 11 is 0. The molecule has 2 saturated heterocycles. The fourth-order valence-corrected chi connectivity index (χ4v) is 5.13. The van der Waals surface area contributed by atoms with Gasteiger partial charge in [-0.25, -0.2) is 4.79 Å². The van der Waals surface area contributed by atoms with Gasteiger partial charge in [-0.05, 0) is 37.8 Å². The number of carbonyl (C=O) groups is 1. The molecule has 0 unspecified atom stereocenters. The van der Waals surface area contributed by atoms with Gasteiger partial charge in [-0.2, -0.15) is 0 Å². The Hall–Kier alpha value is -2.14. The van der Waals surface area contributed by atoms with Crippen molar-refractivity contribution in [1.82, 2.24) is 15.2 Å². The Morgan fingerprint density at radius 1 is 1.22 bits per heavy atom. The molecule has 1 aliphatic carbocycles. The Morgan fingerprint density at radius 2 is 2.11 bits per heavy atom. The molecule has 1 aromatic heterocycles. The highest BCUT2D eigenvalue weighted by molar-refractivity contribution is 5.78. The van der Waals surface area contributed by atoms with Crippen LogP contribution in [0.3, 0.4) is 0 Å². The van der Waals surface area contributed by atoms with Gasteiger partial charge in [0.1, 0.15) is 0 Å². The lowest BCUT2D eigenvalue weighted by Gasteiger charge is -2.63. The second-order valence-electron chi connectivity index (χ2n) is 8.32. The third kappa shape index (κ3) is 2.98. The molecule has 0 bridgehead atoms. The number of pyridine rings is 1. The summed E-state index contributed by atoms with van der Waals surface area (Å²) in [6.45, 7) is 2.36. The largest absolute Gasteiger partial charge is 0.376 e. The number of hydrogen-bond donors (Lipinski definition) is 1. The van der Waals surface area contributed by atoms with E-state index in [1.54, 1.807) is 0 Å². The van der Waals surface area contributed by atoms with Crippen molar-refractivity contribution in [3.8, 4) is 0 Å². The van der Waals surface area contributed by atoms with Crippen molar-refractivity contribution < 1.29 is 9.53 Å². The lowest BCUT2D eigenvalue weighted by Crippen LogP contribution is -2.73. The first kappa shape index (κ1) is 17.0. The second-order valence-corrected chi connectivity index (χ2v) is 8.32. The zero-order valence-electron chi connectivity index (χ0n) is 15.7. The van der Waals surface area contributed by atoms with Crippen molar-refractivity contribution in [2.75, 3.05) is 19.7 Å². The third-order valence-corrected chi connectivity index (χ3v) is 6.69. The minimum Gasteiger partial charge on any atom is -0.376 e. The van der Waals surface area contributed by atoms with Gasteiger partial charge in [0.25, 0.3) is 0 Å². The first-order valence-electron chi connectivity index (χ1n) is 10.3. The zero-order valence-corrected chi connectivity index (χ0v) is 15.7. The van der Waals surface area contributed by atoms with Crippen LogP contribution in [0.25, 0.3) is 10.9 Å². The summed E-state index contributed by atoms with van der Waals surface area (Å²) < 4.78 is 5.95. The maximum atomic E-state index is 12.8. The number of ether oxygens (including phenoxy) is 1. The van der Waals surface area contributed by atoms with Crippen LogP contribution in [0.2, 0.25) is 0 Å². The number of amides is 2. The van der Waals surface area contributed by atoms with Crippen molar-refractivity contribution in [1.29, 1.82) is 0 Å². The number of rotatable bonds is 4. The predicted molar refractivity (Wildman–Crippen MR) is 105 cm³/mol. The van der Waals surface area contributed by atoms with Gasteiger partial charge in [0.2, 0.25) is 0 Å². The van der Waals surface area contributed by atoms with Gasteiger partial charge in [0, 0.05) is 42.6 Å². The molecule has 1 saturated carbocycles. The van der Waals surface area contributed by atoms with Crippen LogP contribution in [-0.2, 0) is 11.2 Å². The lowest BCUT2D eigenvalue weighted by molar-refractivity contribution is -0.147. The molecule has 2 atom stereocenters. The van der Waals surface area contributed by atoms with Crippen molar-refractivity contribution in [3.05, 3.63) is 42.1 Å². The first-order chi connectivity index (χ1) is 13.3. The number of carbonyl (C=O) groups excluding carboxylic acids is 1. The molecular weight excluding hydrogens is 338 g/mol. The van der Waals surface area contributed by atoms with Gasteiger partial charge in [0.05, 0.1) is 17.7 Å². The van der Waals surface area contributed by atoms with E-state index in [1.807, 2.05) is 23.1 Å². The van der Waals surface area contributed by atoms with E-state index < -0.39 is 0 Å². The van der Waals surface area contributed by atoms with E-state index >= 15 is 0 Å². The molecule has 142 valence electrons. The number of benzene rings is 1. The van der Waals surface area contributed by atoms with E-state index in [0.29, 0.717) is 12.0 Å². The summed E-state index contributed by atoms with van der Waals surface area (Å²) in [6, 6.07) is 12.6. The van der Waals surface area contributed by atoms with Crippen LogP contribution in [0.15, 0.2) is 36.4 Å². The maximum absolute atomic E-state index is 12.8. The summed E-state index contributed by atoms with van der Waals surface area (Å²) in [4.78, 5) is 19.5. The standard InChI is InChI=1S/C22H27N3O2/c26-21(23-13-10-17-9-8-16-5-1-2-6-18(16)24-17)25-15-22(11-4-12-22)20(25)19-7-3-14-27-19/h1-2,5-6,8-9,19-20H,3-4,7,10-15H2,(H,23,26)/t19-,20+/m0/s1. The fraction of sp³-hybridized carbons (Fsp3) is 0.545. The average Bonchev–Trinajstić information content (AvgIpc) is 3.13. The molecule has 1 spiro atoms. The Morgan fingerprint density at radius 3 is 2.89 bits per heavy atom. The lowest BCUT2D eigenvalue weighted by atomic mass is 9.56. The average molecular weight is 365 g/mol. The van der Waals surface area contributed by atoms with Gasteiger partial charge >= 0.3 is 6.03 Å². The van der Waals surface area contributed by atoms with Gasteiger partial charge in [-0.3, -0.25) is 4.98 Å². The van der Waals surface area contributed by atoms with E-state index in [4.69, 9.17) is 4.74 Å². The molecule has 5 nitrogen and oxygen atoms in total. The highest BCUT2D eigenvalue weighted by Crippen LogP contribution is 2.55. The van der Waals surface area contributed by atoms with Gasteiger partial charge in [-0.1, -0.05) is 30.7 Å². The van der Waals surface area contributed by atoms with E-state index in [9.17, 15) is 4.79 Å².